The van der Waals surface area contributed by atoms with Gasteiger partial charge in [-0.2, -0.15) is 0 Å². The van der Waals surface area contributed by atoms with Crippen LogP contribution in [0.15, 0.2) is 55.0 Å². The molecule has 34 heavy (non-hydrogen) atoms. The van der Waals surface area contributed by atoms with Crippen LogP contribution in [0, 0.1) is 5.41 Å². The van der Waals surface area contributed by atoms with Gasteiger partial charge in [0.2, 0.25) is 0 Å². The van der Waals surface area contributed by atoms with Crippen LogP contribution in [0.25, 0.3) is 22.4 Å². The highest BCUT2D eigenvalue weighted by atomic mass is 16.5. The maximum Gasteiger partial charge on any atom is 0.307 e. The molecule has 10 nitrogen and oxygen atoms in total. The summed E-state index contributed by atoms with van der Waals surface area (Å²) in [6.45, 7) is 0.825. The van der Waals surface area contributed by atoms with Gasteiger partial charge in [0, 0.05) is 42.4 Å². The van der Waals surface area contributed by atoms with Gasteiger partial charge in [0.1, 0.15) is 11.7 Å². The van der Waals surface area contributed by atoms with Gasteiger partial charge in [-0.05, 0) is 18.2 Å². The third-order valence-corrected chi connectivity index (χ3v) is 5.45. The first-order valence-electron chi connectivity index (χ1n) is 10.7. The molecule has 1 amide bonds. The first kappa shape index (κ1) is 22.7. The zero-order valence-corrected chi connectivity index (χ0v) is 18.7. The van der Waals surface area contributed by atoms with Gasteiger partial charge < -0.3 is 25.3 Å². The number of carbonyl (C=O) groups is 2. The molecule has 4 rings (SSSR count). The van der Waals surface area contributed by atoms with Crippen molar-refractivity contribution in [1.29, 1.82) is 5.41 Å². The number of amidine groups is 1. The van der Waals surface area contributed by atoms with Crippen LogP contribution in [0.1, 0.15) is 28.0 Å². The van der Waals surface area contributed by atoms with Crippen molar-refractivity contribution < 1.29 is 14.3 Å². The summed E-state index contributed by atoms with van der Waals surface area (Å²) < 4.78 is 6.68. The highest BCUT2D eigenvalue weighted by Crippen LogP contribution is 2.26. The number of H-pyrrole nitrogens is 1. The second-order valence-electron chi connectivity index (χ2n) is 7.67. The predicted octanol–water partition coefficient (Wildman–Crippen LogP) is 2.25. The average molecular weight is 460 g/mol. The van der Waals surface area contributed by atoms with Gasteiger partial charge in [0.05, 0.1) is 36.6 Å². The Morgan fingerprint density at radius 3 is 2.62 bits per heavy atom. The minimum atomic E-state index is -0.383. The molecule has 5 N–H and O–H groups in total. The number of nitrogens with zero attached hydrogens (tertiary/aromatic N) is 3. The van der Waals surface area contributed by atoms with E-state index in [0.29, 0.717) is 29.6 Å². The van der Waals surface area contributed by atoms with Crippen molar-refractivity contribution in [2.75, 3.05) is 13.7 Å². The van der Waals surface area contributed by atoms with E-state index in [1.807, 2.05) is 24.4 Å². The number of nitrogens with one attached hydrogen (secondary N) is 3. The smallest absolute Gasteiger partial charge is 0.307 e. The summed E-state index contributed by atoms with van der Waals surface area (Å²) in [6, 6.07) is 12.7. The number of aryl methyl sites for hydroxylation is 2. The third kappa shape index (κ3) is 4.96. The van der Waals surface area contributed by atoms with E-state index in [2.05, 4.69) is 24.6 Å². The van der Waals surface area contributed by atoms with Gasteiger partial charge in [0.15, 0.2) is 0 Å². The molecule has 0 unspecified atom stereocenters. The van der Waals surface area contributed by atoms with Crippen molar-refractivity contribution >= 4 is 28.7 Å². The number of rotatable bonds is 9. The molecule has 0 bridgehead atoms. The zero-order chi connectivity index (χ0) is 24.1. The van der Waals surface area contributed by atoms with Crippen molar-refractivity contribution in [3.05, 3.63) is 71.8 Å². The van der Waals surface area contributed by atoms with E-state index >= 15 is 0 Å². The van der Waals surface area contributed by atoms with E-state index in [4.69, 9.17) is 16.1 Å². The topological polar surface area (TPSA) is 152 Å². The van der Waals surface area contributed by atoms with Crippen LogP contribution in [-0.4, -0.2) is 50.9 Å². The monoisotopic (exact) mass is 459 g/mol. The Balaban J connectivity index is 1.66. The Morgan fingerprint density at radius 1 is 1.18 bits per heavy atom. The molecule has 0 saturated heterocycles. The van der Waals surface area contributed by atoms with Crippen molar-refractivity contribution in [3.8, 4) is 11.4 Å². The number of aromatic nitrogens is 4. The van der Waals surface area contributed by atoms with Gasteiger partial charge in [0.25, 0.3) is 5.91 Å². The van der Waals surface area contributed by atoms with Crippen LogP contribution < -0.4 is 11.1 Å². The van der Waals surface area contributed by atoms with Crippen LogP contribution in [0.4, 0.5) is 0 Å². The minimum Gasteiger partial charge on any atom is -0.469 e. The third-order valence-electron chi connectivity index (χ3n) is 5.45. The maximum absolute atomic E-state index is 12.6. The van der Waals surface area contributed by atoms with E-state index in [1.165, 1.54) is 7.11 Å². The molecule has 174 valence electrons. The molecule has 0 radical (unpaired) electrons. The SMILES string of the molecule is COC(=O)CCNC(=O)c1ccc2c(c1)nc(-c1ccc(C(=N)N)cc1)n2CCc1c[nH]cn1. The van der Waals surface area contributed by atoms with Crippen LogP contribution in [0.3, 0.4) is 0 Å². The molecule has 0 atom stereocenters. The summed E-state index contributed by atoms with van der Waals surface area (Å²) >= 11 is 0. The summed E-state index contributed by atoms with van der Waals surface area (Å²) in [7, 11) is 1.31. The molecule has 0 spiro atoms. The number of nitrogens with two attached hydrogens (primary N) is 1. The average Bonchev–Trinajstić information content (AvgIpc) is 3.49. The predicted molar refractivity (Wildman–Crippen MR) is 127 cm³/mol. The first-order chi connectivity index (χ1) is 16.5. The molecule has 0 aliphatic heterocycles. The van der Waals surface area contributed by atoms with Gasteiger partial charge in [-0.3, -0.25) is 15.0 Å². The molecular formula is C24H25N7O3. The molecule has 0 fully saturated rings. The van der Waals surface area contributed by atoms with E-state index in [1.54, 1.807) is 30.6 Å². The van der Waals surface area contributed by atoms with Crippen molar-refractivity contribution in [2.45, 2.75) is 19.4 Å². The molecular weight excluding hydrogens is 434 g/mol. The van der Waals surface area contributed by atoms with E-state index < -0.39 is 0 Å². The molecule has 2 aromatic heterocycles. The standard InChI is InChI=1S/C24H25N7O3/c1-34-21(32)8-10-28-24(33)17-6-7-20-19(12-17)30-23(16-4-2-15(3-5-16)22(25)26)31(20)11-9-18-13-27-14-29-18/h2-7,12-14H,8-11H2,1H3,(H3,25,26)(H,27,29)(H,28,33). The normalized spacial score (nSPS) is 10.9. The van der Waals surface area contributed by atoms with Crippen LogP contribution in [-0.2, 0) is 22.5 Å². The van der Waals surface area contributed by atoms with Crippen LogP contribution >= 0.6 is 0 Å². The first-order valence-corrected chi connectivity index (χ1v) is 10.7. The Labute approximate surface area is 195 Å². The molecule has 0 aliphatic rings. The Bertz CT molecular complexity index is 1320. The molecule has 2 heterocycles. The minimum absolute atomic E-state index is 0.00133. The fourth-order valence-corrected chi connectivity index (χ4v) is 3.65. The van der Waals surface area contributed by atoms with Crippen molar-refractivity contribution in [1.82, 2.24) is 24.8 Å². The number of hydrogen-bond donors (Lipinski definition) is 4. The number of fused-ring (bicyclic) bond motifs is 1. The molecule has 10 heteroatoms. The number of ether oxygens (including phenoxy) is 1. The van der Waals surface area contributed by atoms with Crippen LogP contribution in [0.2, 0.25) is 0 Å². The van der Waals surface area contributed by atoms with E-state index in [-0.39, 0.29) is 30.7 Å². The van der Waals surface area contributed by atoms with Crippen molar-refractivity contribution in [2.24, 2.45) is 5.73 Å². The molecule has 0 saturated carbocycles. The van der Waals surface area contributed by atoms with Gasteiger partial charge in [-0.25, -0.2) is 9.97 Å². The number of carbonyl (C=O) groups excluding carboxylic acids is 2. The van der Waals surface area contributed by atoms with E-state index in [9.17, 15) is 9.59 Å². The maximum atomic E-state index is 12.6. The largest absolute Gasteiger partial charge is 0.469 e. The number of benzene rings is 2. The van der Waals surface area contributed by atoms with E-state index in [0.717, 1.165) is 22.6 Å². The number of esters is 1. The summed E-state index contributed by atoms with van der Waals surface area (Å²) in [6.07, 6.45) is 4.31. The number of nitrogen functional groups attached to an aromatic ring is 1. The number of hydrogen-bond acceptors (Lipinski definition) is 6. The number of imidazole rings is 2. The molecule has 2 aromatic carbocycles. The fraction of sp³-hybridized carbons (Fsp3) is 0.208. The van der Waals surface area contributed by atoms with Crippen LogP contribution in [0.5, 0.6) is 0 Å². The Hall–Kier alpha value is -4.47. The lowest BCUT2D eigenvalue weighted by Crippen LogP contribution is -2.26. The second-order valence-corrected chi connectivity index (χ2v) is 7.67. The summed E-state index contributed by atoms with van der Waals surface area (Å²) in [5, 5.41) is 10.3. The lowest BCUT2D eigenvalue weighted by Gasteiger charge is -2.09. The summed E-state index contributed by atoms with van der Waals surface area (Å²) in [5.41, 5.74) is 10.0. The number of amides is 1. The van der Waals surface area contributed by atoms with Gasteiger partial charge in [-0.15, -0.1) is 0 Å². The number of aromatic amines is 1. The second kappa shape index (κ2) is 9.99. The lowest BCUT2D eigenvalue weighted by atomic mass is 10.1. The Morgan fingerprint density at radius 2 is 1.94 bits per heavy atom. The number of methoxy groups -OCH3 is 1. The Kier molecular flexibility index (Phi) is 6.67. The zero-order valence-electron chi connectivity index (χ0n) is 18.7. The quantitative estimate of drug-likeness (QED) is 0.171. The van der Waals surface area contributed by atoms with Gasteiger partial charge >= 0.3 is 5.97 Å². The summed E-state index contributed by atoms with van der Waals surface area (Å²) in [4.78, 5) is 35.9. The summed E-state index contributed by atoms with van der Waals surface area (Å²) in [5.74, 6) is 0.0707. The highest BCUT2D eigenvalue weighted by Gasteiger charge is 2.16. The highest BCUT2D eigenvalue weighted by molar-refractivity contribution is 5.98. The molecule has 0 aliphatic carbocycles. The van der Waals surface area contributed by atoms with Gasteiger partial charge in [-0.1, -0.05) is 24.3 Å². The van der Waals surface area contributed by atoms with Crippen molar-refractivity contribution in [3.63, 3.8) is 0 Å². The molecule has 4 aromatic rings. The fourth-order valence-electron chi connectivity index (χ4n) is 3.65. The lowest BCUT2D eigenvalue weighted by molar-refractivity contribution is -0.140.